The van der Waals surface area contributed by atoms with Crippen LogP contribution in [-0.4, -0.2) is 6.04 Å². The van der Waals surface area contributed by atoms with Gasteiger partial charge in [-0.3, -0.25) is 0 Å². The Balaban J connectivity index is -0.000000464. The zero-order valence-corrected chi connectivity index (χ0v) is 23.5. The molecule has 0 spiro atoms. The van der Waals surface area contributed by atoms with E-state index in [0.29, 0.717) is 11.5 Å². The predicted molar refractivity (Wildman–Crippen MR) is 152 cm³/mol. The molecule has 0 fully saturated rings. The van der Waals surface area contributed by atoms with Crippen LogP contribution in [0.15, 0.2) is 84.6 Å². The van der Waals surface area contributed by atoms with E-state index in [9.17, 15) is 0 Å². The van der Waals surface area contributed by atoms with Crippen LogP contribution in [0.2, 0.25) is 0 Å². The van der Waals surface area contributed by atoms with Crippen molar-refractivity contribution in [2.75, 3.05) is 0 Å². The van der Waals surface area contributed by atoms with Crippen molar-refractivity contribution in [3.8, 4) is 0 Å². The second kappa shape index (κ2) is 18.3. The Bertz CT molecular complexity index is 717. The van der Waals surface area contributed by atoms with Gasteiger partial charge in [-0.05, 0) is 77.0 Å². The highest BCUT2D eigenvalue weighted by atomic mass is 14.9. The highest BCUT2D eigenvalue weighted by Crippen LogP contribution is 2.28. The third kappa shape index (κ3) is 21.0. The molecule has 1 rings (SSSR count). The summed E-state index contributed by atoms with van der Waals surface area (Å²) in [5.41, 5.74) is 8.45. The lowest BCUT2D eigenvalue weighted by Crippen LogP contribution is -2.22. The fourth-order valence-electron chi connectivity index (χ4n) is 2.57. The number of hydrogen-bond donors (Lipinski definition) is 1. The molecule has 1 aromatic carbocycles. The summed E-state index contributed by atoms with van der Waals surface area (Å²) in [6, 6.07) is 10.6. The second-order valence-corrected chi connectivity index (χ2v) is 9.75. The van der Waals surface area contributed by atoms with E-state index in [1.165, 1.54) is 22.3 Å². The molecule has 1 heteroatoms. The lowest BCUT2D eigenvalue weighted by atomic mass is 9.85. The third-order valence-corrected chi connectivity index (χ3v) is 3.98. The molecule has 0 amide bonds. The van der Waals surface area contributed by atoms with E-state index >= 15 is 0 Å². The number of allylic oxidation sites excluding steroid dienone is 4. The van der Waals surface area contributed by atoms with E-state index in [1.54, 1.807) is 0 Å². The van der Waals surface area contributed by atoms with E-state index in [1.807, 2.05) is 52.8 Å². The first-order valence-electron chi connectivity index (χ1n) is 11.7. The van der Waals surface area contributed by atoms with Crippen LogP contribution in [0.4, 0.5) is 0 Å². The molecule has 0 aromatic heterocycles. The Kier molecular flexibility index (Phi) is 19.6. The molecule has 0 saturated carbocycles. The van der Waals surface area contributed by atoms with Gasteiger partial charge < -0.3 is 5.32 Å². The van der Waals surface area contributed by atoms with Crippen LogP contribution < -0.4 is 5.32 Å². The molecule has 0 bridgehead atoms. The normalized spacial score (nSPS) is 10.7. The first-order chi connectivity index (χ1) is 14.6. The molecule has 0 aliphatic carbocycles. The van der Waals surface area contributed by atoms with Gasteiger partial charge in [-0.25, -0.2) is 0 Å². The average Bonchev–Trinajstić information content (AvgIpc) is 2.67. The quantitative estimate of drug-likeness (QED) is 0.343. The monoisotopic (exact) mass is 439 g/mol. The van der Waals surface area contributed by atoms with Gasteiger partial charge in [0, 0.05) is 11.7 Å². The minimum Gasteiger partial charge on any atom is -0.383 e. The van der Waals surface area contributed by atoms with Crippen LogP contribution >= 0.6 is 0 Å². The van der Waals surface area contributed by atoms with E-state index in [0.717, 1.165) is 23.3 Å². The van der Waals surface area contributed by atoms with Crippen LogP contribution in [0, 0.1) is 5.41 Å². The van der Waals surface area contributed by atoms with Gasteiger partial charge >= 0.3 is 0 Å². The maximum Gasteiger partial charge on any atom is 0.0339 e. The molecular weight excluding hydrogens is 386 g/mol. The Hall–Kier alpha value is -2.28. The van der Waals surface area contributed by atoms with Gasteiger partial charge in [0.25, 0.3) is 0 Å². The van der Waals surface area contributed by atoms with Gasteiger partial charge in [0.2, 0.25) is 0 Å². The largest absolute Gasteiger partial charge is 0.383 e. The Labute approximate surface area is 202 Å². The molecule has 1 N–H and O–H groups in total. The van der Waals surface area contributed by atoms with E-state index in [-0.39, 0.29) is 0 Å². The van der Waals surface area contributed by atoms with E-state index < -0.39 is 0 Å². The van der Waals surface area contributed by atoms with Crippen LogP contribution in [0.5, 0.6) is 0 Å². The molecule has 0 unspecified atom stereocenters. The van der Waals surface area contributed by atoms with Crippen molar-refractivity contribution in [3.63, 3.8) is 0 Å². The highest BCUT2D eigenvalue weighted by Gasteiger charge is 2.14. The van der Waals surface area contributed by atoms with Gasteiger partial charge in [0.1, 0.15) is 0 Å². The van der Waals surface area contributed by atoms with Crippen LogP contribution in [-0.2, 0) is 0 Å². The number of benzene rings is 1. The van der Waals surface area contributed by atoms with E-state index in [4.69, 9.17) is 0 Å². The van der Waals surface area contributed by atoms with Gasteiger partial charge in [0.05, 0.1) is 0 Å². The molecule has 182 valence electrons. The topological polar surface area (TPSA) is 12.0 Å². The zero-order chi connectivity index (χ0) is 26.1. The molecule has 0 radical (unpaired) electrons. The molecular formula is C31H53N. The minimum absolute atomic E-state index is 0.318. The summed E-state index contributed by atoms with van der Waals surface area (Å²) in [5, 5.41) is 3.31. The summed E-state index contributed by atoms with van der Waals surface area (Å²) >= 11 is 0. The van der Waals surface area contributed by atoms with Crippen LogP contribution in [0.1, 0.15) is 95.1 Å². The maximum atomic E-state index is 4.14. The molecule has 1 nitrogen and oxygen atoms in total. The van der Waals surface area contributed by atoms with Crippen molar-refractivity contribution < 1.29 is 0 Å². The van der Waals surface area contributed by atoms with Crippen molar-refractivity contribution in [2.24, 2.45) is 5.41 Å². The van der Waals surface area contributed by atoms with Gasteiger partial charge in [-0.1, -0.05) is 101 Å². The van der Waals surface area contributed by atoms with E-state index in [2.05, 4.69) is 92.2 Å². The smallest absolute Gasteiger partial charge is 0.0339 e. The summed E-state index contributed by atoms with van der Waals surface area (Å²) in [6.45, 7) is 40.8. The Morgan fingerprint density at radius 1 is 0.844 bits per heavy atom. The summed E-state index contributed by atoms with van der Waals surface area (Å²) in [7, 11) is 0. The molecule has 0 atom stereocenters. The van der Waals surface area contributed by atoms with Crippen LogP contribution in [0.25, 0.3) is 5.57 Å². The molecule has 0 saturated heterocycles. The Morgan fingerprint density at radius 2 is 1.25 bits per heavy atom. The van der Waals surface area contributed by atoms with Gasteiger partial charge in [0.15, 0.2) is 0 Å². The van der Waals surface area contributed by atoms with Crippen molar-refractivity contribution >= 4 is 5.57 Å². The molecule has 32 heavy (non-hydrogen) atoms. The van der Waals surface area contributed by atoms with Gasteiger partial charge in [-0.15, -0.1) is 6.58 Å². The average molecular weight is 440 g/mol. The molecule has 0 heterocycles. The summed E-state index contributed by atoms with van der Waals surface area (Å²) in [6.07, 6.45) is 1.09. The van der Waals surface area contributed by atoms with Crippen molar-refractivity contribution in [1.29, 1.82) is 0 Å². The van der Waals surface area contributed by atoms with Crippen molar-refractivity contribution in [2.45, 2.75) is 95.5 Å². The summed E-state index contributed by atoms with van der Waals surface area (Å²) in [4.78, 5) is 0. The maximum absolute atomic E-state index is 4.14. The molecule has 1 aromatic rings. The molecule has 0 aliphatic heterocycles. The first-order valence-corrected chi connectivity index (χ1v) is 11.7. The van der Waals surface area contributed by atoms with Crippen molar-refractivity contribution in [3.05, 3.63) is 90.2 Å². The first kappa shape index (κ1) is 34.3. The molecule has 0 aliphatic rings. The van der Waals surface area contributed by atoms with Crippen molar-refractivity contribution in [1.82, 2.24) is 5.32 Å². The van der Waals surface area contributed by atoms with Gasteiger partial charge in [-0.2, -0.15) is 0 Å². The van der Waals surface area contributed by atoms with Crippen LogP contribution in [0.3, 0.4) is 0 Å². The zero-order valence-electron chi connectivity index (χ0n) is 23.5. The lowest BCUT2D eigenvalue weighted by molar-refractivity contribution is 0.408. The number of hydrogen-bond acceptors (Lipinski definition) is 1. The number of rotatable bonds is 6. The summed E-state index contributed by atoms with van der Waals surface area (Å²) in [5.74, 6) is 0. The fourth-order valence-corrected chi connectivity index (χ4v) is 2.57. The lowest BCUT2D eigenvalue weighted by Gasteiger charge is -2.22. The highest BCUT2D eigenvalue weighted by molar-refractivity contribution is 5.60. The minimum atomic E-state index is 0.318. The summed E-state index contributed by atoms with van der Waals surface area (Å²) < 4.78 is 0. The standard InChI is InChI=1S/C16H29N.C9H10.C4H8.C2H6/c1-11(2)17-15(6)14(5)13(4)12(3)10-16(7,8)9;1-8(2)9-6-4-3-5-7-9;1-4(2)3;1-2/h11,17H,5-6,10H2,1-4,7-9H3;3-7H,1H2,2H3;1H2,2-3H3;1-2H3/b13-12-;;;. The predicted octanol–water partition coefficient (Wildman–Crippen LogP) is 10.2. The fraction of sp³-hybridized carbons (Fsp3) is 0.484. The Morgan fingerprint density at radius 3 is 1.53 bits per heavy atom. The number of nitrogens with one attached hydrogen (secondary N) is 1. The SMILES string of the molecule is C=C(C)C.C=C(C)c1ccccc1.C=C(NC(C)C)C(=C)/C(C)=C(/C)CC(C)(C)C.CC. The second-order valence-electron chi connectivity index (χ2n) is 9.75. The third-order valence-electron chi connectivity index (χ3n) is 3.98.